The van der Waals surface area contributed by atoms with E-state index < -0.39 is 6.10 Å². The predicted molar refractivity (Wildman–Crippen MR) is 112 cm³/mol. The van der Waals surface area contributed by atoms with Crippen molar-refractivity contribution in [3.63, 3.8) is 0 Å². The van der Waals surface area contributed by atoms with Gasteiger partial charge < -0.3 is 15.0 Å². The monoisotopic (exact) mass is 366 g/mol. The van der Waals surface area contributed by atoms with Crippen LogP contribution < -0.4 is 15.0 Å². The first-order chi connectivity index (χ1) is 13.1. The van der Waals surface area contributed by atoms with Gasteiger partial charge in [0, 0.05) is 24.5 Å². The zero-order chi connectivity index (χ0) is 19.2. The third kappa shape index (κ3) is 4.82. The van der Waals surface area contributed by atoms with Crippen LogP contribution in [0, 0.1) is 13.8 Å². The second-order valence-electron chi connectivity index (χ2n) is 7.30. The van der Waals surface area contributed by atoms with Crippen molar-refractivity contribution in [3.05, 3.63) is 53.6 Å². The van der Waals surface area contributed by atoms with E-state index in [1.807, 2.05) is 51.1 Å². The highest BCUT2D eigenvalue weighted by Crippen LogP contribution is 2.24. The van der Waals surface area contributed by atoms with E-state index in [-0.39, 0.29) is 5.91 Å². The zero-order valence-electron chi connectivity index (χ0n) is 16.6. The van der Waals surface area contributed by atoms with Crippen molar-refractivity contribution < 1.29 is 9.53 Å². The molecule has 1 heterocycles. The summed E-state index contributed by atoms with van der Waals surface area (Å²) in [6, 6.07) is 14.1. The van der Waals surface area contributed by atoms with Gasteiger partial charge in [0.2, 0.25) is 0 Å². The number of anilines is 2. The van der Waals surface area contributed by atoms with E-state index >= 15 is 0 Å². The van der Waals surface area contributed by atoms with Crippen LogP contribution in [0.5, 0.6) is 5.75 Å². The lowest BCUT2D eigenvalue weighted by molar-refractivity contribution is -0.122. The molecule has 2 aromatic carbocycles. The second kappa shape index (κ2) is 8.94. The van der Waals surface area contributed by atoms with E-state index in [1.54, 1.807) is 0 Å². The number of hydrogen-bond donors (Lipinski definition) is 1. The lowest BCUT2D eigenvalue weighted by atomic mass is 10.1. The van der Waals surface area contributed by atoms with E-state index in [9.17, 15) is 4.79 Å². The summed E-state index contributed by atoms with van der Waals surface area (Å²) in [6.07, 6.45) is 3.94. The van der Waals surface area contributed by atoms with Crippen LogP contribution in [0.3, 0.4) is 0 Å². The average molecular weight is 367 g/mol. The molecule has 3 rings (SSSR count). The molecule has 1 aliphatic rings. The molecule has 1 N–H and O–H groups in total. The van der Waals surface area contributed by atoms with Crippen LogP contribution in [0.1, 0.15) is 43.7 Å². The first-order valence-corrected chi connectivity index (χ1v) is 9.97. The van der Waals surface area contributed by atoms with Crippen LogP contribution in [0.2, 0.25) is 0 Å². The third-order valence-corrected chi connectivity index (χ3v) is 5.34. The zero-order valence-corrected chi connectivity index (χ0v) is 16.6. The van der Waals surface area contributed by atoms with Crippen molar-refractivity contribution in [1.82, 2.24) is 0 Å². The fraction of sp³-hybridized carbons (Fsp3) is 0.435. The maximum Gasteiger partial charge on any atom is 0.265 e. The number of carbonyl (C=O) groups excluding carboxylic acids is 1. The van der Waals surface area contributed by atoms with Crippen LogP contribution in [-0.4, -0.2) is 25.1 Å². The van der Waals surface area contributed by atoms with Crippen molar-refractivity contribution in [3.8, 4) is 5.75 Å². The molecular weight excluding hydrogens is 336 g/mol. The summed E-state index contributed by atoms with van der Waals surface area (Å²) < 4.78 is 6.01. The summed E-state index contributed by atoms with van der Waals surface area (Å²) in [5.74, 6) is 0.668. The molecular formula is C23H30N2O2. The number of ether oxygens (including phenoxy) is 1. The number of nitrogens with one attached hydrogen (secondary N) is 1. The number of piperidine rings is 1. The summed E-state index contributed by atoms with van der Waals surface area (Å²) in [7, 11) is 0. The van der Waals surface area contributed by atoms with Crippen LogP contribution in [0.25, 0.3) is 0 Å². The number of benzene rings is 2. The van der Waals surface area contributed by atoms with E-state index in [4.69, 9.17) is 4.74 Å². The standard InChI is InChI=1S/C23H30N2O2/c1-4-21(27-22-10-8-9-17(2)18(22)3)23(26)24-19-11-13-20(14-12-19)25-15-6-5-7-16-25/h8-14,21H,4-7,15-16H2,1-3H3,(H,24,26)/t21-/m1/s1. The van der Waals surface area contributed by atoms with Crippen molar-refractivity contribution in [1.29, 1.82) is 0 Å². The smallest absolute Gasteiger partial charge is 0.265 e. The highest BCUT2D eigenvalue weighted by atomic mass is 16.5. The van der Waals surface area contributed by atoms with Gasteiger partial charge >= 0.3 is 0 Å². The van der Waals surface area contributed by atoms with E-state index in [2.05, 4.69) is 22.3 Å². The molecule has 4 nitrogen and oxygen atoms in total. The van der Waals surface area contributed by atoms with E-state index in [0.29, 0.717) is 6.42 Å². The molecule has 1 fully saturated rings. The molecule has 1 aliphatic heterocycles. The van der Waals surface area contributed by atoms with Crippen LogP contribution in [-0.2, 0) is 4.79 Å². The Labute approximate surface area is 162 Å². The molecule has 1 saturated heterocycles. The Morgan fingerprint density at radius 1 is 1.07 bits per heavy atom. The molecule has 0 radical (unpaired) electrons. The largest absolute Gasteiger partial charge is 0.480 e. The van der Waals surface area contributed by atoms with Gasteiger partial charge in [0.15, 0.2) is 6.10 Å². The Morgan fingerprint density at radius 2 is 1.78 bits per heavy atom. The molecule has 144 valence electrons. The molecule has 0 bridgehead atoms. The topological polar surface area (TPSA) is 41.6 Å². The van der Waals surface area contributed by atoms with Crippen molar-refractivity contribution in [2.24, 2.45) is 0 Å². The predicted octanol–water partition coefficient (Wildman–Crippen LogP) is 5.09. The normalized spacial score (nSPS) is 15.3. The van der Waals surface area contributed by atoms with Gasteiger partial charge in [-0.2, -0.15) is 0 Å². The van der Waals surface area contributed by atoms with Gasteiger partial charge in [-0.3, -0.25) is 4.79 Å². The number of rotatable bonds is 6. The Hall–Kier alpha value is -2.49. The van der Waals surface area contributed by atoms with E-state index in [0.717, 1.165) is 35.7 Å². The van der Waals surface area contributed by atoms with Crippen molar-refractivity contribution in [2.75, 3.05) is 23.3 Å². The molecule has 0 aliphatic carbocycles. The third-order valence-electron chi connectivity index (χ3n) is 5.34. The minimum atomic E-state index is -0.507. The van der Waals surface area contributed by atoms with Crippen LogP contribution >= 0.6 is 0 Å². The van der Waals surface area contributed by atoms with Gasteiger partial charge in [0.1, 0.15) is 5.75 Å². The van der Waals surface area contributed by atoms with E-state index in [1.165, 1.54) is 24.9 Å². The summed E-state index contributed by atoms with van der Waals surface area (Å²) in [5, 5.41) is 2.99. The summed E-state index contributed by atoms with van der Waals surface area (Å²) >= 11 is 0. The molecule has 27 heavy (non-hydrogen) atoms. The lowest BCUT2D eigenvalue weighted by Gasteiger charge is -2.29. The Balaban J connectivity index is 1.63. The highest BCUT2D eigenvalue weighted by molar-refractivity contribution is 5.94. The molecule has 4 heteroatoms. The van der Waals surface area contributed by atoms with Crippen LogP contribution in [0.15, 0.2) is 42.5 Å². The number of nitrogens with zero attached hydrogens (tertiary/aromatic N) is 1. The number of carbonyl (C=O) groups is 1. The molecule has 0 aromatic heterocycles. The maximum absolute atomic E-state index is 12.7. The average Bonchev–Trinajstić information content (AvgIpc) is 2.70. The Bertz CT molecular complexity index is 764. The van der Waals surface area contributed by atoms with Crippen molar-refractivity contribution >= 4 is 17.3 Å². The minimum absolute atomic E-state index is 0.107. The van der Waals surface area contributed by atoms with Crippen molar-refractivity contribution in [2.45, 2.75) is 52.6 Å². The Kier molecular flexibility index (Phi) is 6.38. The molecule has 2 aromatic rings. The van der Waals surface area contributed by atoms with Gasteiger partial charge in [-0.25, -0.2) is 0 Å². The number of aryl methyl sites for hydroxylation is 1. The molecule has 0 unspecified atom stereocenters. The lowest BCUT2D eigenvalue weighted by Crippen LogP contribution is -2.32. The number of hydrogen-bond acceptors (Lipinski definition) is 3. The fourth-order valence-electron chi connectivity index (χ4n) is 3.46. The fourth-order valence-corrected chi connectivity index (χ4v) is 3.46. The summed E-state index contributed by atoms with van der Waals surface area (Å²) in [4.78, 5) is 15.1. The second-order valence-corrected chi connectivity index (χ2v) is 7.30. The summed E-state index contributed by atoms with van der Waals surface area (Å²) in [5.41, 5.74) is 4.28. The van der Waals surface area contributed by atoms with Crippen LogP contribution in [0.4, 0.5) is 11.4 Å². The molecule has 0 saturated carbocycles. The first-order valence-electron chi connectivity index (χ1n) is 9.97. The van der Waals surface area contributed by atoms with Gasteiger partial charge in [0.25, 0.3) is 5.91 Å². The molecule has 0 spiro atoms. The Morgan fingerprint density at radius 3 is 2.44 bits per heavy atom. The van der Waals surface area contributed by atoms with Gasteiger partial charge in [-0.1, -0.05) is 19.1 Å². The SMILES string of the molecule is CC[C@@H](Oc1cccc(C)c1C)C(=O)Nc1ccc(N2CCCCC2)cc1. The molecule has 1 amide bonds. The summed E-state index contributed by atoms with van der Waals surface area (Å²) in [6.45, 7) is 8.27. The quantitative estimate of drug-likeness (QED) is 0.774. The minimum Gasteiger partial charge on any atom is -0.480 e. The van der Waals surface area contributed by atoms with Gasteiger partial charge in [-0.15, -0.1) is 0 Å². The molecule has 1 atom stereocenters. The maximum atomic E-state index is 12.7. The highest BCUT2D eigenvalue weighted by Gasteiger charge is 2.20. The van der Waals surface area contributed by atoms with Gasteiger partial charge in [0.05, 0.1) is 0 Å². The number of amides is 1. The first kappa shape index (κ1) is 19.3. The van der Waals surface area contributed by atoms with Gasteiger partial charge in [-0.05, 0) is 81.0 Å².